The van der Waals surface area contributed by atoms with Crippen LogP contribution in [0.2, 0.25) is 0 Å². The maximum atomic E-state index is 5.31. The molecule has 0 aromatic carbocycles. The molecule has 0 rings (SSSR count). The van der Waals surface area contributed by atoms with E-state index in [0.29, 0.717) is 0 Å². The second kappa shape index (κ2) is 42.8. The molecule has 2 N–H and O–H groups in total. The van der Waals surface area contributed by atoms with Crippen LogP contribution in [-0.4, -0.2) is 6.54 Å². The Morgan fingerprint density at radius 3 is 0.900 bits per heavy atom. The summed E-state index contributed by atoms with van der Waals surface area (Å²) >= 11 is 0. The van der Waals surface area contributed by atoms with E-state index in [1.807, 2.05) is 27.7 Å². The minimum Gasteiger partial charge on any atom is -0.330 e. The molecule has 0 aromatic rings. The molecule has 0 saturated carbocycles. The first-order valence-electron chi connectivity index (χ1n) is 9.53. The molecular weight excluding hydrogens is 242 g/mol. The summed E-state index contributed by atoms with van der Waals surface area (Å²) in [4.78, 5) is 0. The van der Waals surface area contributed by atoms with Crippen molar-refractivity contribution >= 4 is 0 Å². The molecule has 0 saturated heterocycles. The molecule has 0 bridgehead atoms. The summed E-state index contributed by atoms with van der Waals surface area (Å²) < 4.78 is 0. The van der Waals surface area contributed by atoms with Crippen LogP contribution in [0.5, 0.6) is 0 Å². The van der Waals surface area contributed by atoms with Crippen LogP contribution in [-0.2, 0) is 0 Å². The van der Waals surface area contributed by atoms with Crippen molar-refractivity contribution < 1.29 is 0 Å². The first-order chi connectivity index (χ1) is 9.83. The summed E-state index contributed by atoms with van der Waals surface area (Å²) in [7, 11) is 0. The molecule has 0 amide bonds. The molecule has 0 radical (unpaired) electrons. The lowest BCUT2D eigenvalue weighted by atomic mass is 10.1. The van der Waals surface area contributed by atoms with Gasteiger partial charge in [-0.2, -0.15) is 0 Å². The molecule has 0 fully saturated rings. The fourth-order valence-electron chi connectivity index (χ4n) is 1.60. The fraction of sp³-hybridized carbons (Fsp3) is 1.00. The van der Waals surface area contributed by atoms with Gasteiger partial charge in [0.2, 0.25) is 0 Å². The molecule has 0 heterocycles. The van der Waals surface area contributed by atoms with Crippen LogP contribution in [0.25, 0.3) is 0 Å². The van der Waals surface area contributed by atoms with Crippen molar-refractivity contribution in [3.63, 3.8) is 0 Å². The number of hydrogen-bond acceptors (Lipinski definition) is 1. The Morgan fingerprint density at radius 1 is 0.450 bits per heavy atom. The summed E-state index contributed by atoms with van der Waals surface area (Å²) in [6.07, 6.45) is 15.1. The van der Waals surface area contributed by atoms with Gasteiger partial charge in [-0.1, -0.05) is 113 Å². The zero-order chi connectivity index (χ0) is 16.5. The lowest BCUT2D eigenvalue weighted by Gasteiger charge is -1.93. The van der Waals surface area contributed by atoms with Gasteiger partial charge in [-0.3, -0.25) is 0 Å². The van der Waals surface area contributed by atoms with Gasteiger partial charge in [0, 0.05) is 0 Å². The van der Waals surface area contributed by atoms with Gasteiger partial charge >= 0.3 is 0 Å². The summed E-state index contributed by atoms with van der Waals surface area (Å²) in [5, 5.41) is 0. The molecule has 0 spiro atoms. The van der Waals surface area contributed by atoms with E-state index in [0.717, 1.165) is 6.54 Å². The summed E-state index contributed by atoms with van der Waals surface area (Å²) in [6.45, 7) is 15.6. The number of unbranched alkanes of at least 4 members (excludes halogenated alkanes) is 9. The Hall–Kier alpha value is -0.0400. The molecule has 0 aromatic heterocycles. The molecule has 1 heteroatoms. The quantitative estimate of drug-likeness (QED) is 0.418. The van der Waals surface area contributed by atoms with Crippen LogP contribution in [0.3, 0.4) is 0 Å². The van der Waals surface area contributed by atoms with Crippen molar-refractivity contribution in [1.29, 1.82) is 0 Å². The normalized spacial score (nSPS) is 8.40. The van der Waals surface area contributed by atoms with Crippen LogP contribution in [0, 0.1) is 0 Å². The first kappa shape index (κ1) is 28.2. The SMILES string of the molecule is CC.CC.CCCCCCCC.CCCCCCCN. The molecular formula is C19H47N. The van der Waals surface area contributed by atoms with Crippen molar-refractivity contribution in [3.05, 3.63) is 0 Å². The van der Waals surface area contributed by atoms with Crippen LogP contribution < -0.4 is 5.73 Å². The zero-order valence-electron chi connectivity index (χ0n) is 16.1. The van der Waals surface area contributed by atoms with Crippen molar-refractivity contribution in [2.45, 2.75) is 119 Å². The third-order valence-corrected chi connectivity index (χ3v) is 2.76. The minimum absolute atomic E-state index is 0.865. The first-order valence-corrected chi connectivity index (χ1v) is 9.53. The largest absolute Gasteiger partial charge is 0.330 e. The highest BCUT2D eigenvalue weighted by Crippen LogP contribution is 2.03. The van der Waals surface area contributed by atoms with Crippen LogP contribution in [0.1, 0.15) is 119 Å². The van der Waals surface area contributed by atoms with E-state index >= 15 is 0 Å². The standard InChI is InChI=1S/C8H18.C7H17N.2C2H6/c1-3-5-7-8-6-4-2;1-2-3-4-5-6-7-8;2*1-2/h3-8H2,1-2H3;2-8H2,1H3;2*1-2H3. The van der Waals surface area contributed by atoms with Gasteiger partial charge in [0.1, 0.15) is 0 Å². The van der Waals surface area contributed by atoms with Gasteiger partial charge in [0.05, 0.1) is 0 Å². The third kappa shape index (κ3) is 52.1. The molecule has 20 heavy (non-hydrogen) atoms. The molecule has 0 aliphatic heterocycles. The number of rotatable bonds is 10. The minimum atomic E-state index is 0.865. The smallest absolute Gasteiger partial charge is 0.00773 e. The molecule has 1 nitrogen and oxygen atoms in total. The van der Waals surface area contributed by atoms with Gasteiger partial charge in [0.25, 0.3) is 0 Å². The van der Waals surface area contributed by atoms with Crippen LogP contribution in [0.4, 0.5) is 0 Å². The Labute approximate surface area is 132 Å². The maximum absolute atomic E-state index is 5.31. The van der Waals surface area contributed by atoms with E-state index in [2.05, 4.69) is 20.8 Å². The summed E-state index contributed by atoms with van der Waals surface area (Å²) in [6, 6.07) is 0. The molecule has 0 atom stereocenters. The van der Waals surface area contributed by atoms with E-state index in [4.69, 9.17) is 5.73 Å². The van der Waals surface area contributed by atoms with E-state index in [1.165, 1.54) is 70.6 Å². The summed E-state index contributed by atoms with van der Waals surface area (Å²) in [5.74, 6) is 0. The van der Waals surface area contributed by atoms with Gasteiger partial charge in [-0.25, -0.2) is 0 Å². The average Bonchev–Trinajstić information content (AvgIpc) is 2.53. The summed E-state index contributed by atoms with van der Waals surface area (Å²) in [5.41, 5.74) is 5.31. The van der Waals surface area contributed by atoms with E-state index < -0.39 is 0 Å². The molecule has 0 aliphatic carbocycles. The van der Waals surface area contributed by atoms with Crippen LogP contribution >= 0.6 is 0 Å². The Kier molecular flexibility index (Phi) is 60.2. The van der Waals surface area contributed by atoms with E-state index in [1.54, 1.807) is 0 Å². The van der Waals surface area contributed by atoms with Gasteiger partial charge in [-0.05, 0) is 13.0 Å². The third-order valence-electron chi connectivity index (χ3n) is 2.76. The van der Waals surface area contributed by atoms with Crippen LogP contribution in [0.15, 0.2) is 0 Å². The monoisotopic (exact) mass is 289 g/mol. The fourth-order valence-corrected chi connectivity index (χ4v) is 1.60. The van der Waals surface area contributed by atoms with Crippen molar-refractivity contribution in [2.75, 3.05) is 6.54 Å². The van der Waals surface area contributed by atoms with Gasteiger partial charge < -0.3 is 5.73 Å². The predicted molar refractivity (Wildman–Crippen MR) is 99.6 cm³/mol. The van der Waals surface area contributed by atoms with E-state index in [-0.39, 0.29) is 0 Å². The highest BCUT2D eigenvalue weighted by molar-refractivity contribution is 4.41. The number of nitrogens with two attached hydrogens (primary N) is 1. The highest BCUT2D eigenvalue weighted by Gasteiger charge is 1.84. The lowest BCUT2D eigenvalue weighted by Crippen LogP contribution is -1.97. The second-order valence-electron chi connectivity index (χ2n) is 4.62. The topological polar surface area (TPSA) is 26.0 Å². The van der Waals surface area contributed by atoms with Crippen molar-refractivity contribution in [1.82, 2.24) is 0 Å². The predicted octanol–water partition coefficient (Wildman–Crippen LogP) is 7.33. The Bertz CT molecular complexity index is 67.8. The molecule has 0 aliphatic rings. The van der Waals surface area contributed by atoms with Crippen molar-refractivity contribution in [3.8, 4) is 0 Å². The van der Waals surface area contributed by atoms with Crippen molar-refractivity contribution in [2.24, 2.45) is 5.73 Å². The van der Waals surface area contributed by atoms with Gasteiger partial charge in [-0.15, -0.1) is 0 Å². The Balaban J connectivity index is -0.000000102. The second-order valence-corrected chi connectivity index (χ2v) is 4.62. The Morgan fingerprint density at radius 2 is 0.700 bits per heavy atom. The average molecular weight is 290 g/mol. The molecule has 128 valence electrons. The lowest BCUT2D eigenvalue weighted by molar-refractivity contribution is 0.624. The van der Waals surface area contributed by atoms with E-state index in [9.17, 15) is 0 Å². The maximum Gasteiger partial charge on any atom is -0.00773 e. The molecule has 0 unspecified atom stereocenters. The zero-order valence-corrected chi connectivity index (χ0v) is 16.1. The van der Waals surface area contributed by atoms with Gasteiger partial charge in [0.15, 0.2) is 0 Å². The number of hydrogen-bond donors (Lipinski definition) is 1. The highest BCUT2D eigenvalue weighted by atomic mass is 14.5.